The number of likely N-dealkylation sites (tertiary alicyclic amines) is 1. The number of halogens is 1. The van der Waals surface area contributed by atoms with Crippen LogP contribution in [-0.2, 0) is 14.5 Å². The maximum absolute atomic E-state index is 12.4. The van der Waals surface area contributed by atoms with Gasteiger partial charge in [0.05, 0.1) is 17.0 Å². The van der Waals surface area contributed by atoms with E-state index >= 15 is 0 Å². The number of alkyl halides is 1. The second-order valence-electron chi connectivity index (χ2n) is 7.01. The number of rotatable bonds is 4. The summed E-state index contributed by atoms with van der Waals surface area (Å²) in [7, 11) is 0. The topological polar surface area (TPSA) is 65.1 Å². The average molecular weight is 370 g/mol. The van der Waals surface area contributed by atoms with Gasteiger partial charge in [0.25, 0.3) is 0 Å². The SMILES string of the molecule is CC(OOC(=O)c1ccccc1)C1C(Cl)CCN1C(=O)OC(C)(C)C. The normalized spacial score (nSPS) is 21.7. The molecule has 0 aliphatic carbocycles. The van der Waals surface area contributed by atoms with Crippen LogP contribution in [0.1, 0.15) is 44.5 Å². The third-order valence-corrected chi connectivity index (χ3v) is 4.25. The Morgan fingerprint density at radius 1 is 1.24 bits per heavy atom. The van der Waals surface area contributed by atoms with Crippen LogP contribution in [0.5, 0.6) is 0 Å². The summed E-state index contributed by atoms with van der Waals surface area (Å²) in [6, 6.07) is 8.08. The molecule has 7 heteroatoms. The van der Waals surface area contributed by atoms with E-state index in [1.54, 1.807) is 58.0 Å². The summed E-state index contributed by atoms with van der Waals surface area (Å²) in [5.74, 6) is -0.597. The summed E-state index contributed by atoms with van der Waals surface area (Å²) >= 11 is 6.35. The van der Waals surface area contributed by atoms with Crippen molar-refractivity contribution in [3.8, 4) is 0 Å². The van der Waals surface area contributed by atoms with Crippen molar-refractivity contribution in [1.82, 2.24) is 4.90 Å². The minimum Gasteiger partial charge on any atom is -0.444 e. The van der Waals surface area contributed by atoms with E-state index in [1.807, 2.05) is 0 Å². The first-order valence-corrected chi connectivity index (χ1v) is 8.69. The molecule has 3 unspecified atom stereocenters. The van der Waals surface area contributed by atoms with Crippen molar-refractivity contribution >= 4 is 23.7 Å². The standard InChI is InChI=1S/C18H24ClNO5/c1-12(24-25-16(21)13-8-6-5-7-9-13)15-14(19)10-11-20(15)17(22)23-18(2,3)4/h5-9,12,14-15H,10-11H2,1-4H3. The second-order valence-corrected chi connectivity index (χ2v) is 7.57. The first-order chi connectivity index (χ1) is 11.7. The molecule has 1 saturated heterocycles. The quantitative estimate of drug-likeness (QED) is 0.459. The summed E-state index contributed by atoms with van der Waals surface area (Å²) in [6.45, 7) is 7.58. The molecule has 1 aliphatic rings. The molecule has 1 aliphatic heterocycles. The lowest BCUT2D eigenvalue weighted by atomic mass is 10.1. The zero-order valence-corrected chi connectivity index (χ0v) is 15.7. The zero-order valence-electron chi connectivity index (χ0n) is 14.9. The molecule has 2 rings (SSSR count). The molecule has 1 aromatic rings. The van der Waals surface area contributed by atoms with Gasteiger partial charge in [0.1, 0.15) is 11.7 Å². The Bertz CT molecular complexity index is 601. The van der Waals surface area contributed by atoms with Crippen LogP contribution < -0.4 is 0 Å². The fourth-order valence-electron chi connectivity index (χ4n) is 2.66. The minimum absolute atomic E-state index is 0.307. The number of nitrogens with zero attached hydrogens (tertiary/aromatic N) is 1. The number of carbonyl (C=O) groups excluding carboxylic acids is 2. The summed E-state index contributed by atoms with van der Waals surface area (Å²) in [4.78, 5) is 36.0. The summed E-state index contributed by atoms with van der Waals surface area (Å²) < 4.78 is 5.41. The Labute approximate surface area is 152 Å². The monoisotopic (exact) mass is 369 g/mol. The van der Waals surface area contributed by atoms with Crippen LogP contribution in [0.4, 0.5) is 4.79 Å². The molecule has 0 bridgehead atoms. The maximum Gasteiger partial charge on any atom is 0.410 e. The van der Waals surface area contributed by atoms with Crippen LogP contribution in [0.2, 0.25) is 0 Å². The number of ether oxygens (including phenoxy) is 1. The van der Waals surface area contributed by atoms with Gasteiger partial charge in [0.15, 0.2) is 0 Å². The molecule has 1 heterocycles. The maximum atomic E-state index is 12.4. The Kier molecular flexibility index (Phi) is 6.30. The molecule has 0 N–H and O–H groups in total. The average Bonchev–Trinajstić information content (AvgIpc) is 2.93. The van der Waals surface area contributed by atoms with Crippen LogP contribution in [0.25, 0.3) is 0 Å². The lowest BCUT2D eigenvalue weighted by Crippen LogP contribution is -2.47. The van der Waals surface area contributed by atoms with Gasteiger partial charge in [0.2, 0.25) is 0 Å². The van der Waals surface area contributed by atoms with Gasteiger partial charge in [-0.05, 0) is 46.2 Å². The van der Waals surface area contributed by atoms with Crippen molar-refractivity contribution in [1.29, 1.82) is 0 Å². The molecule has 1 amide bonds. The number of carbonyl (C=O) groups is 2. The van der Waals surface area contributed by atoms with Gasteiger partial charge in [0, 0.05) is 6.54 Å². The first-order valence-electron chi connectivity index (χ1n) is 8.25. The lowest BCUT2D eigenvalue weighted by Gasteiger charge is -2.31. The summed E-state index contributed by atoms with van der Waals surface area (Å²) in [6.07, 6.45) is -0.429. The van der Waals surface area contributed by atoms with Gasteiger partial charge in [-0.3, -0.25) is 4.89 Å². The van der Waals surface area contributed by atoms with Crippen LogP contribution in [0.15, 0.2) is 30.3 Å². The molecule has 25 heavy (non-hydrogen) atoms. The number of hydrogen-bond donors (Lipinski definition) is 0. The molecule has 0 saturated carbocycles. The van der Waals surface area contributed by atoms with E-state index < -0.39 is 29.8 Å². The predicted octanol–water partition coefficient (Wildman–Crippen LogP) is 3.78. The number of amides is 1. The van der Waals surface area contributed by atoms with Gasteiger partial charge >= 0.3 is 12.1 Å². The van der Waals surface area contributed by atoms with Crippen molar-refractivity contribution in [3.05, 3.63) is 35.9 Å². The van der Waals surface area contributed by atoms with E-state index in [0.29, 0.717) is 18.5 Å². The fraction of sp³-hybridized carbons (Fsp3) is 0.556. The summed E-state index contributed by atoms with van der Waals surface area (Å²) in [5, 5.41) is -0.307. The van der Waals surface area contributed by atoms with Crippen molar-refractivity contribution in [2.24, 2.45) is 0 Å². The van der Waals surface area contributed by atoms with E-state index in [1.165, 1.54) is 4.90 Å². The molecular weight excluding hydrogens is 346 g/mol. The van der Waals surface area contributed by atoms with Crippen LogP contribution in [0, 0.1) is 0 Å². The Hall–Kier alpha value is -1.79. The van der Waals surface area contributed by atoms with Crippen molar-refractivity contribution in [2.75, 3.05) is 6.54 Å². The smallest absolute Gasteiger partial charge is 0.410 e. The molecule has 0 aromatic heterocycles. The molecular formula is C18H24ClNO5. The van der Waals surface area contributed by atoms with Crippen molar-refractivity contribution < 1.29 is 24.1 Å². The molecule has 1 aromatic carbocycles. The highest BCUT2D eigenvalue weighted by Crippen LogP contribution is 2.28. The number of benzene rings is 1. The molecule has 1 fully saturated rings. The number of hydrogen-bond acceptors (Lipinski definition) is 5. The highest BCUT2D eigenvalue weighted by Gasteiger charge is 2.42. The van der Waals surface area contributed by atoms with E-state index in [9.17, 15) is 9.59 Å². The zero-order chi connectivity index (χ0) is 18.6. The van der Waals surface area contributed by atoms with Gasteiger partial charge in [-0.15, -0.1) is 11.6 Å². The third kappa shape index (κ3) is 5.34. The van der Waals surface area contributed by atoms with Gasteiger partial charge in [-0.1, -0.05) is 18.2 Å². The van der Waals surface area contributed by atoms with Crippen molar-refractivity contribution in [3.63, 3.8) is 0 Å². The Morgan fingerprint density at radius 3 is 2.48 bits per heavy atom. The van der Waals surface area contributed by atoms with E-state index in [2.05, 4.69) is 0 Å². The largest absolute Gasteiger partial charge is 0.444 e. The molecule has 0 radical (unpaired) electrons. The Morgan fingerprint density at radius 2 is 1.88 bits per heavy atom. The minimum atomic E-state index is -0.601. The lowest BCUT2D eigenvalue weighted by molar-refractivity contribution is -0.278. The highest BCUT2D eigenvalue weighted by atomic mass is 35.5. The fourth-order valence-corrected chi connectivity index (χ4v) is 3.10. The molecule has 0 spiro atoms. The van der Waals surface area contributed by atoms with Gasteiger partial charge in [-0.2, -0.15) is 4.89 Å². The van der Waals surface area contributed by atoms with E-state index in [4.69, 9.17) is 26.1 Å². The van der Waals surface area contributed by atoms with E-state index in [0.717, 1.165) is 0 Å². The van der Waals surface area contributed by atoms with Gasteiger partial charge < -0.3 is 9.64 Å². The van der Waals surface area contributed by atoms with E-state index in [-0.39, 0.29) is 5.38 Å². The predicted molar refractivity (Wildman–Crippen MR) is 93.4 cm³/mol. The second kappa shape index (κ2) is 8.06. The van der Waals surface area contributed by atoms with Crippen molar-refractivity contribution in [2.45, 2.75) is 57.2 Å². The molecule has 3 atom stereocenters. The first kappa shape index (κ1) is 19.5. The molecule has 138 valence electrons. The molecule has 6 nitrogen and oxygen atoms in total. The third-order valence-electron chi connectivity index (χ3n) is 3.77. The Balaban J connectivity index is 1.97. The van der Waals surface area contributed by atoms with Crippen LogP contribution in [-0.4, -0.2) is 46.6 Å². The van der Waals surface area contributed by atoms with Crippen LogP contribution >= 0.6 is 11.6 Å². The highest BCUT2D eigenvalue weighted by molar-refractivity contribution is 6.21. The van der Waals surface area contributed by atoms with Crippen LogP contribution in [0.3, 0.4) is 0 Å². The van der Waals surface area contributed by atoms with Gasteiger partial charge in [-0.25, -0.2) is 9.59 Å². The summed E-state index contributed by atoms with van der Waals surface area (Å²) in [5.41, 5.74) is -0.219.